The Morgan fingerprint density at radius 2 is 1.90 bits per heavy atom. The number of aromatic nitrogens is 1. The molecule has 106 valence electrons. The molecule has 1 aromatic heterocycles. The molecule has 0 aliphatic heterocycles. The van der Waals surface area contributed by atoms with Gasteiger partial charge in [-0.15, -0.1) is 0 Å². The van der Waals surface area contributed by atoms with Crippen molar-refractivity contribution in [1.29, 1.82) is 0 Å². The molecule has 0 atom stereocenters. The predicted molar refractivity (Wildman–Crippen MR) is 71.3 cm³/mol. The van der Waals surface area contributed by atoms with Crippen LogP contribution >= 0.6 is 0 Å². The second-order valence-corrected chi connectivity index (χ2v) is 5.03. The van der Waals surface area contributed by atoms with Crippen molar-refractivity contribution in [2.24, 2.45) is 0 Å². The maximum absolute atomic E-state index is 12.0. The lowest BCUT2D eigenvalue weighted by atomic mass is 9.90. The van der Waals surface area contributed by atoms with E-state index in [1.54, 1.807) is 0 Å². The van der Waals surface area contributed by atoms with Gasteiger partial charge in [0.2, 0.25) is 5.78 Å². The Morgan fingerprint density at radius 3 is 2.52 bits per heavy atom. The van der Waals surface area contributed by atoms with Crippen molar-refractivity contribution in [3.05, 3.63) is 45.5 Å². The van der Waals surface area contributed by atoms with Gasteiger partial charge in [0.25, 0.3) is 11.5 Å². The second kappa shape index (κ2) is 4.34. The molecule has 0 unspecified atom stereocenters. The third kappa shape index (κ3) is 1.85. The molecule has 1 aliphatic rings. The molecular formula is C14H10N2O5. The van der Waals surface area contributed by atoms with Crippen LogP contribution in [-0.4, -0.2) is 21.5 Å². The van der Waals surface area contributed by atoms with Crippen molar-refractivity contribution in [3.8, 4) is 11.3 Å². The lowest BCUT2D eigenvalue weighted by molar-refractivity contribution is -0.384. The predicted octanol–water partition coefficient (Wildman–Crippen LogP) is 2.75. The third-order valence-electron chi connectivity index (χ3n) is 3.26. The summed E-state index contributed by atoms with van der Waals surface area (Å²) in [5.41, 5.74) is 0.0915. The highest BCUT2D eigenvalue weighted by molar-refractivity contribution is 6.52. The third-order valence-corrected chi connectivity index (χ3v) is 3.26. The van der Waals surface area contributed by atoms with Gasteiger partial charge in [0.05, 0.1) is 4.92 Å². The standard InChI is InChI=1S/C14H10N2O5/c1-6(2)14-15-10-12(18)11(17)8-4-3-7(16(19)20)5-9(8)13(10)21-14/h3-6H,1-2H3. The molecule has 0 bridgehead atoms. The van der Waals surface area contributed by atoms with E-state index in [0.717, 1.165) is 0 Å². The van der Waals surface area contributed by atoms with E-state index in [0.29, 0.717) is 5.89 Å². The molecular weight excluding hydrogens is 276 g/mol. The number of hydrogen-bond acceptors (Lipinski definition) is 6. The summed E-state index contributed by atoms with van der Waals surface area (Å²) < 4.78 is 5.54. The Labute approximate surface area is 118 Å². The molecule has 0 fully saturated rings. The average Bonchev–Trinajstić information content (AvgIpc) is 2.89. The summed E-state index contributed by atoms with van der Waals surface area (Å²) in [6, 6.07) is 3.69. The Kier molecular flexibility index (Phi) is 2.72. The first-order valence-electron chi connectivity index (χ1n) is 6.28. The summed E-state index contributed by atoms with van der Waals surface area (Å²) in [5, 5.41) is 10.9. The maximum atomic E-state index is 12.0. The molecule has 0 saturated carbocycles. The highest BCUT2D eigenvalue weighted by Crippen LogP contribution is 2.37. The Morgan fingerprint density at radius 1 is 1.19 bits per heavy atom. The quantitative estimate of drug-likeness (QED) is 0.477. The molecule has 1 aromatic carbocycles. The van der Waals surface area contributed by atoms with Crippen molar-refractivity contribution in [3.63, 3.8) is 0 Å². The van der Waals surface area contributed by atoms with Gasteiger partial charge in [-0.3, -0.25) is 19.7 Å². The van der Waals surface area contributed by atoms with Crippen LogP contribution in [0.2, 0.25) is 0 Å². The van der Waals surface area contributed by atoms with E-state index in [1.807, 2.05) is 13.8 Å². The number of Topliss-reactive ketones (excluding diaryl/α,β-unsaturated/α-hetero) is 2. The Balaban J connectivity index is 2.29. The number of fused-ring (bicyclic) bond motifs is 3. The highest BCUT2D eigenvalue weighted by Gasteiger charge is 2.36. The van der Waals surface area contributed by atoms with E-state index in [9.17, 15) is 19.7 Å². The van der Waals surface area contributed by atoms with Crippen molar-refractivity contribution in [1.82, 2.24) is 4.98 Å². The Hall–Kier alpha value is -2.83. The van der Waals surface area contributed by atoms with E-state index in [4.69, 9.17) is 4.42 Å². The lowest BCUT2D eigenvalue weighted by Crippen LogP contribution is -2.21. The van der Waals surface area contributed by atoms with Crippen LogP contribution in [0.1, 0.15) is 46.5 Å². The normalized spacial score (nSPS) is 13.3. The fourth-order valence-corrected chi connectivity index (χ4v) is 2.18. The number of benzene rings is 1. The SMILES string of the molecule is CC(C)c1nc2c(o1)-c1cc([N+](=O)[O-])ccc1C(=O)C2=O. The van der Waals surface area contributed by atoms with Crippen LogP contribution in [0.5, 0.6) is 0 Å². The molecule has 0 amide bonds. The summed E-state index contributed by atoms with van der Waals surface area (Å²) in [5.74, 6) is -1.10. The van der Waals surface area contributed by atoms with Gasteiger partial charge < -0.3 is 4.42 Å². The van der Waals surface area contributed by atoms with E-state index in [-0.39, 0.29) is 34.2 Å². The number of oxazole rings is 1. The highest BCUT2D eigenvalue weighted by atomic mass is 16.6. The number of carbonyl (C=O) groups is 2. The number of rotatable bonds is 2. The van der Waals surface area contributed by atoms with E-state index < -0.39 is 16.5 Å². The smallest absolute Gasteiger partial charge is 0.270 e. The first-order chi connectivity index (χ1) is 9.90. The summed E-state index contributed by atoms with van der Waals surface area (Å²) in [6.45, 7) is 3.66. The number of nitro benzene ring substituents is 1. The number of nitro groups is 1. The summed E-state index contributed by atoms with van der Waals surface area (Å²) in [7, 11) is 0. The maximum Gasteiger partial charge on any atom is 0.270 e. The van der Waals surface area contributed by atoms with Gasteiger partial charge in [0.1, 0.15) is 0 Å². The zero-order chi connectivity index (χ0) is 15.3. The van der Waals surface area contributed by atoms with Gasteiger partial charge in [-0.25, -0.2) is 4.98 Å². The molecule has 0 radical (unpaired) electrons. The number of ketones is 2. The van der Waals surface area contributed by atoms with Crippen molar-refractivity contribution in [2.45, 2.75) is 19.8 Å². The molecule has 3 rings (SSSR count). The fraction of sp³-hybridized carbons (Fsp3) is 0.214. The minimum Gasteiger partial charge on any atom is -0.440 e. The van der Waals surface area contributed by atoms with Crippen LogP contribution in [0.15, 0.2) is 22.6 Å². The van der Waals surface area contributed by atoms with E-state index in [2.05, 4.69) is 4.98 Å². The van der Waals surface area contributed by atoms with Gasteiger partial charge in [0.15, 0.2) is 17.3 Å². The van der Waals surface area contributed by atoms with Crippen LogP contribution in [0.25, 0.3) is 11.3 Å². The second-order valence-electron chi connectivity index (χ2n) is 5.03. The topological polar surface area (TPSA) is 103 Å². The molecule has 2 aromatic rings. The van der Waals surface area contributed by atoms with Crippen molar-refractivity contribution in [2.75, 3.05) is 0 Å². The molecule has 0 N–H and O–H groups in total. The molecule has 7 heteroatoms. The minimum absolute atomic E-state index is 0.0688. The van der Waals surface area contributed by atoms with Crippen LogP contribution in [0.4, 0.5) is 5.69 Å². The molecule has 7 nitrogen and oxygen atoms in total. The van der Waals surface area contributed by atoms with Gasteiger partial charge in [-0.05, 0) is 6.07 Å². The summed E-state index contributed by atoms with van der Waals surface area (Å²) in [6.07, 6.45) is 0. The summed E-state index contributed by atoms with van der Waals surface area (Å²) in [4.78, 5) is 38.4. The van der Waals surface area contributed by atoms with Crippen LogP contribution in [0.3, 0.4) is 0 Å². The van der Waals surface area contributed by atoms with Crippen molar-refractivity contribution >= 4 is 17.3 Å². The van der Waals surface area contributed by atoms with Gasteiger partial charge in [-0.1, -0.05) is 13.8 Å². The average molecular weight is 286 g/mol. The van der Waals surface area contributed by atoms with E-state index in [1.165, 1.54) is 18.2 Å². The Bertz CT molecular complexity index is 804. The number of non-ortho nitro benzene ring substituents is 1. The molecule has 21 heavy (non-hydrogen) atoms. The van der Waals surface area contributed by atoms with E-state index >= 15 is 0 Å². The van der Waals surface area contributed by atoms with Gasteiger partial charge in [-0.2, -0.15) is 0 Å². The fourth-order valence-electron chi connectivity index (χ4n) is 2.18. The zero-order valence-electron chi connectivity index (χ0n) is 11.2. The van der Waals surface area contributed by atoms with Gasteiger partial charge in [0, 0.05) is 29.2 Å². The van der Waals surface area contributed by atoms with Crippen LogP contribution in [0, 0.1) is 10.1 Å². The largest absolute Gasteiger partial charge is 0.440 e. The molecule has 0 spiro atoms. The number of hydrogen-bond donors (Lipinski definition) is 0. The monoisotopic (exact) mass is 286 g/mol. The molecule has 1 aliphatic carbocycles. The molecule has 1 heterocycles. The van der Waals surface area contributed by atoms with Crippen LogP contribution < -0.4 is 0 Å². The van der Waals surface area contributed by atoms with Crippen LogP contribution in [-0.2, 0) is 0 Å². The molecule has 0 saturated heterocycles. The number of carbonyl (C=O) groups excluding carboxylic acids is 2. The lowest BCUT2D eigenvalue weighted by Gasteiger charge is -2.11. The zero-order valence-corrected chi connectivity index (χ0v) is 11.2. The number of nitrogens with zero attached hydrogens (tertiary/aromatic N) is 2. The first-order valence-corrected chi connectivity index (χ1v) is 6.28. The minimum atomic E-state index is -0.748. The van der Waals surface area contributed by atoms with Gasteiger partial charge >= 0.3 is 0 Å². The van der Waals surface area contributed by atoms with Crippen molar-refractivity contribution < 1.29 is 18.9 Å². The first kappa shape index (κ1) is 13.2. The summed E-state index contributed by atoms with van der Waals surface area (Å²) >= 11 is 0.